The molecule has 26 heavy (non-hydrogen) atoms. The molecule has 1 aromatic heterocycles. The third kappa shape index (κ3) is 3.98. The number of aromatic nitrogens is 2. The van der Waals surface area contributed by atoms with Gasteiger partial charge in [0.1, 0.15) is 6.54 Å². The molecule has 138 valence electrons. The average molecular weight is 375 g/mol. The van der Waals surface area contributed by atoms with Crippen molar-refractivity contribution in [2.24, 2.45) is 5.73 Å². The smallest absolute Gasteiger partial charge is 0.329 e. The number of rotatable bonds is 6. The van der Waals surface area contributed by atoms with Crippen LogP contribution in [0.1, 0.15) is 18.5 Å². The molecule has 1 atom stereocenters. The van der Waals surface area contributed by atoms with Crippen LogP contribution < -0.4 is 16.7 Å². The van der Waals surface area contributed by atoms with Crippen LogP contribution in [-0.4, -0.2) is 21.6 Å². The predicted octanol–water partition coefficient (Wildman–Crippen LogP) is 2.06. The van der Waals surface area contributed by atoms with Gasteiger partial charge >= 0.3 is 5.69 Å². The summed E-state index contributed by atoms with van der Waals surface area (Å²) in [6.45, 7) is 2.78. The monoisotopic (exact) mass is 374 g/mol. The van der Waals surface area contributed by atoms with Gasteiger partial charge in [-0.3, -0.25) is 13.9 Å². The van der Waals surface area contributed by atoms with Gasteiger partial charge in [-0.1, -0.05) is 42.5 Å². The molecule has 0 aliphatic rings. The number of nitrogens with two attached hydrogens (primary N) is 1. The molecule has 0 radical (unpaired) electrons. The Morgan fingerprint density at radius 2 is 1.62 bits per heavy atom. The summed E-state index contributed by atoms with van der Waals surface area (Å²) in [6.07, 6.45) is 0. The molecule has 3 rings (SSSR count). The van der Waals surface area contributed by atoms with E-state index < -0.39 is 0 Å². The van der Waals surface area contributed by atoms with E-state index in [0.29, 0.717) is 13.1 Å². The lowest BCUT2D eigenvalue weighted by atomic mass is 10.1. The minimum atomic E-state index is -0.279. The quantitative estimate of drug-likeness (QED) is 0.692. The van der Waals surface area contributed by atoms with Crippen molar-refractivity contribution in [1.82, 2.24) is 14.5 Å². The summed E-state index contributed by atoms with van der Waals surface area (Å²) in [4.78, 5) is 24.8. The molecule has 0 fully saturated rings. The fraction of sp³-hybridized carbons (Fsp3) is 0.263. The number of amides is 1. The summed E-state index contributed by atoms with van der Waals surface area (Å²) in [6, 6.07) is 16.8. The summed E-state index contributed by atoms with van der Waals surface area (Å²) < 4.78 is 3.17. The Morgan fingerprint density at radius 3 is 2.23 bits per heavy atom. The van der Waals surface area contributed by atoms with Gasteiger partial charge in [-0.15, -0.1) is 12.4 Å². The number of hydrogen-bond acceptors (Lipinski definition) is 3. The summed E-state index contributed by atoms with van der Waals surface area (Å²) >= 11 is 0. The van der Waals surface area contributed by atoms with Crippen LogP contribution in [0.5, 0.6) is 0 Å². The third-order valence-corrected chi connectivity index (χ3v) is 4.29. The average Bonchev–Trinajstić information content (AvgIpc) is 2.91. The Balaban J connectivity index is 0.00000243. The van der Waals surface area contributed by atoms with Gasteiger partial charge in [0, 0.05) is 19.1 Å². The fourth-order valence-electron chi connectivity index (χ4n) is 2.97. The molecule has 6 nitrogen and oxygen atoms in total. The van der Waals surface area contributed by atoms with Gasteiger partial charge < -0.3 is 11.1 Å². The van der Waals surface area contributed by atoms with Crippen LogP contribution in [0.15, 0.2) is 59.4 Å². The number of nitrogens with zero attached hydrogens (tertiary/aromatic N) is 2. The highest BCUT2D eigenvalue weighted by atomic mass is 35.5. The third-order valence-electron chi connectivity index (χ3n) is 4.29. The molecule has 1 heterocycles. The van der Waals surface area contributed by atoms with E-state index in [-0.39, 0.29) is 36.6 Å². The summed E-state index contributed by atoms with van der Waals surface area (Å²) in [7, 11) is 0. The van der Waals surface area contributed by atoms with Crippen LogP contribution in [0, 0.1) is 0 Å². The second-order valence-corrected chi connectivity index (χ2v) is 5.92. The Kier molecular flexibility index (Phi) is 6.60. The molecule has 2 aromatic carbocycles. The number of hydrogen-bond donors (Lipinski definition) is 2. The zero-order valence-corrected chi connectivity index (χ0v) is 15.4. The van der Waals surface area contributed by atoms with E-state index in [1.165, 1.54) is 4.57 Å². The first kappa shape index (κ1) is 19.8. The Hall–Kier alpha value is -2.57. The first-order valence-corrected chi connectivity index (χ1v) is 8.37. The SMILES string of the molecule is CCn1c(=O)n(CC(=O)NCC(N)c2ccccc2)c2ccccc21.Cl. The van der Waals surface area contributed by atoms with Crippen LogP contribution in [0.4, 0.5) is 0 Å². The number of halogens is 1. The van der Waals surface area contributed by atoms with Gasteiger partial charge in [-0.25, -0.2) is 4.79 Å². The normalized spacial score (nSPS) is 11.8. The van der Waals surface area contributed by atoms with Crippen LogP contribution >= 0.6 is 12.4 Å². The number of para-hydroxylation sites is 2. The maximum Gasteiger partial charge on any atom is 0.329 e. The molecule has 7 heteroatoms. The number of aryl methyl sites for hydroxylation is 1. The van der Waals surface area contributed by atoms with Crippen molar-refractivity contribution in [3.05, 3.63) is 70.6 Å². The lowest BCUT2D eigenvalue weighted by Gasteiger charge is -2.13. The maximum absolute atomic E-state index is 12.5. The van der Waals surface area contributed by atoms with Gasteiger partial charge in [0.05, 0.1) is 11.0 Å². The van der Waals surface area contributed by atoms with Crippen molar-refractivity contribution in [1.29, 1.82) is 0 Å². The topological polar surface area (TPSA) is 82.0 Å². The fourth-order valence-corrected chi connectivity index (χ4v) is 2.97. The van der Waals surface area contributed by atoms with Crippen molar-refractivity contribution in [2.45, 2.75) is 26.1 Å². The van der Waals surface area contributed by atoms with E-state index >= 15 is 0 Å². The second kappa shape index (κ2) is 8.69. The molecule has 0 saturated heterocycles. The molecule has 0 aliphatic carbocycles. The molecule has 1 unspecified atom stereocenters. The highest BCUT2D eigenvalue weighted by molar-refractivity contribution is 5.85. The number of carbonyl (C=O) groups excluding carboxylic acids is 1. The second-order valence-electron chi connectivity index (χ2n) is 5.92. The van der Waals surface area contributed by atoms with Gasteiger partial charge in [-0.05, 0) is 24.6 Å². The molecular weight excluding hydrogens is 352 g/mol. The Bertz CT molecular complexity index is 934. The molecular formula is C19H23ClN4O2. The van der Waals surface area contributed by atoms with E-state index in [4.69, 9.17) is 5.73 Å². The van der Waals surface area contributed by atoms with Crippen LogP contribution in [0.3, 0.4) is 0 Å². The first-order valence-electron chi connectivity index (χ1n) is 8.37. The van der Waals surface area contributed by atoms with Crippen LogP contribution in [0.25, 0.3) is 11.0 Å². The van der Waals surface area contributed by atoms with E-state index in [0.717, 1.165) is 16.6 Å². The number of fused-ring (bicyclic) bond motifs is 1. The predicted molar refractivity (Wildman–Crippen MR) is 106 cm³/mol. The van der Waals surface area contributed by atoms with E-state index in [1.54, 1.807) is 4.57 Å². The van der Waals surface area contributed by atoms with Gasteiger partial charge in [0.25, 0.3) is 0 Å². The maximum atomic E-state index is 12.5. The number of imidazole rings is 1. The van der Waals surface area contributed by atoms with Crippen molar-refractivity contribution in [3.8, 4) is 0 Å². The number of carbonyl (C=O) groups is 1. The lowest BCUT2D eigenvalue weighted by molar-refractivity contribution is -0.121. The Morgan fingerprint density at radius 1 is 1.04 bits per heavy atom. The van der Waals surface area contributed by atoms with Crippen molar-refractivity contribution >= 4 is 29.3 Å². The van der Waals surface area contributed by atoms with Gasteiger partial charge in [0.15, 0.2) is 0 Å². The molecule has 0 saturated carbocycles. The van der Waals surface area contributed by atoms with Crippen molar-refractivity contribution in [2.75, 3.05) is 6.54 Å². The minimum absolute atomic E-state index is 0. The van der Waals surface area contributed by atoms with E-state index in [1.807, 2.05) is 61.5 Å². The molecule has 3 N–H and O–H groups in total. The summed E-state index contributed by atoms with van der Waals surface area (Å²) in [5.74, 6) is -0.229. The van der Waals surface area contributed by atoms with Gasteiger partial charge in [0.2, 0.25) is 5.91 Å². The molecule has 3 aromatic rings. The molecule has 0 spiro atoms. The zero-order chi connectivity index (χ0) is 17.8. The standard InChI is InChI=1S/C19H22N4O2.ClH/c1-2-22-16-10-6-7-11-17(16)23(19(22)25)13-18(24)21-12-15(20)14-8-4-3-5-9-14;/h3-11,15H,2,12-13,20H2,1H3,(H,21,24);1H. The largest absolute Gasteiger partial charge is 0.353 e. The first-order chi connectivity index (χ1) is 12.1. The zero-order valence-electron chi connectivity index (χ0n) is 14.6. The molecule has 0 bridgehead atoms. The highest BCUT2D eigenvalue weighted by Gasteiger charge is 2.15. The highest BCUT2D eigenvalue weighted by Crippen LogP contribution is 2.12. The van der Waals surface area contributed by atoms with E-state index in [2.05, 4.69) is 5.32 Å². The van der Waals surface area contributed by atoms with Crippen LogP contribution in [0.2, 0.25) is 0 Å². The summed E-state index contributed by atoms with van der Waals surface area (Å²) in [5, 5.41) is 2.82. The van der Waals surface area contributed by atoms with Crippen molar-refractivity contribution in [3.63, 3.8) is 0 Å². The van der Waals surface area contributed by atoms with Crippen molar-refractivity contribution < 1.29 is 4.79 Å². The summed E-state index contributed by atoms with van der Waals surface area (Å²) in [5.41, 5.74) is 8.48. The molecule has 0 aliphatic heterocycles. The van der Waals surface area contributed by atoms with Gasteiger partial charge in [-0.2, -0.15) is 0 Å². The minimum Gasteiger partial charge on any atom is -0.353 e. The molecule has 1 amide bonds. The van der Waals surface area contributed by atoms with Crippen LogP contribution in [-0.2, 0) is 17.9 Å². The number of benzene rings is 2. The lowest BCUT2D eigenvalue weighted by Crippen LogP contribution is -2.36. The number of nitrogens with one attached hydrogen (secondary N) is 1. The Labute approximate surface area is 158 Å². The van der Waals surface area contributed by atoms with E-state index in [9.17, 15) is 9.59 Å².